The van der Waals surface area contributed by atoms with Gasteiger partial charge in [0.1, 0.15) is 0 Å². The summed E-state index contributed by atoms with van der Waals surface area (Å²) in [6.07, 6.45) is 3.77. The fourth-order valence-corrected chi connectivity index (χ4v) is 2.48. The molecule has 0 spiro atoms. The molecule has 0 unspecified atom stereocenters. The van der Waals surface area contributed by atoms with E-state index in [0.717, 1.165) is 6.54 Å². The van der Waals surface area contributed by atoms with Crippen molar-refractivity contribution in [2.45, 2.75) is 32.7 Å². The van der Waals surface area contributed by atoms with Crippen LogP contribution >= 0.6 is 11.6 Å². The molecule has 1 aromatic rings. The van der Waals surface area contributed by atoms with Gasteiger partial charge in [-0.1, -0.05) is 24.9 Å². The van der Waals surface area contributed by atoms with E-state index < -0.39 is 0 Å². The molecule has 1 aromatic carbocycles. The normalized spacial score (nSPS) is 17.2. The van der Waals surface area contributed by atoms with Crippen molar-refractivity contribution in [3.8, 4) is 0 Å². The highest BCUT2D eigenvalue weighted by Gasteiger charge is 2.31. The largest absolute Gasteiger partial charge is 0.312 e. The first-order valence-corrected chi connectivity index (χ1v) is 6.52. The molecule has 4 nitrogen and oxygen atoms in total. The number of nitro groups is 1. The zero-order valence-corrected chi connectivity index (χ0v) is 11.2. The maximum absolute atomic E-state index is 10.9. The van der Waals surface area contributed by atoms with Gasteiger partial charge in [-0.3, -0.25) is 10.1 Å². The summed E-state index contributed by atoms with van der Waals surface area (Å²) in [4.78, 5) is 10.5. The molecule has 5 heteroatoms. The SMILES string of the molecule is CC1(CNCc2ccc(Cl)cc2[N+](=O)[O-])CCC1. The molecule has 2 rings (SSSR count). The summed E-state index contributed by atoms with van der Waals surface area (Å²) in [7, 11) is 0. The second-order valence-corrected chi connectivity index (χ2v) is 5.73. The predicted octanol–water partition coefficient (Wildman–Crippen LogP) is 3.53. The van der Waals surface area contributed by atoms with E-state index in [-0.39, 0.29) is 10.6 Å². The first kappa shape index (κ1) is 13.3. The van der Waals surface area contributed by atoms with Crippen LogP contribution in [0.25, 0.3) is 0 Å². The van der Waals surface area contributed by atoms with Crippen LogP contribution in [0.15, 0.2) is 18.2 Å². The average molecular weight is 269 g/mol. The summed E-state index contributed by atoms with van der Waals surface area (Å²) in [5.74, 6) is 0. The maximum Gasteiger partial charge on any atom is 0.275 e. The highest BCUT2D eigenvalue weighted by molar-refractivity contribution is 6.30. The van der Waals surface area contributed by atoms with E-state index in [0.29, 0.717) is 22.5 Å². The van der Waals surface area contributed by atoms with Gasteiger partial charge in [0.15, 0.2) is 0 Å². The third-order valence-electron chi connectivity index (χ3n) is 3.67. The van der Waals surface area contributed by atoms with Crippen LogP contribution < -0.4 is 5.32 Å². The number of benzene rings is 1. The maximum atomic E-state index is 10.9. The van der Waals surface area contributed by atoms with Crippen molar-refractivity contribution in [1.29, 1.82) is 0 Å². The highest BCUT2D eigenvalue weighted by atomic mass is 35.5. The lowest BCUT2D eigenvalue weighted by Crippen LogP contribution is -2.37. The summed E-state index contributed by atoms with van der Waals surface area (Å²) >= 11 is 5.77. The number of hydrogen-bond donors (Lipinski definition) is 1. The van der Waals surface area contributed by atoms with E-state index in [9.17, 15) is 10.1 Å². The van der Waals surface area contributed by atoms with E-state index in [1.807, 2.05) is 0 Å². The quantitative estimate of drug-likeness (QED) is 0.656. The van der Waals surface area contributed by atoms with E-state index in [4.69, 9.17) is 11.6 Å². The van der Waals surface area contributed by atoms with Gasteiger partial charge in [0.25, 0.3) is 5.69 Å². The topological polar surface area (TPSA) is 55.2 Å². The first-order chi connectivity index (χ1) is 8.50. The molecule has 0 amide bonds. The van der Waals surface area contributed by atoms with Crippen LogP contribution in [0.3, 0.4) is 0 Å². The number of nitro benzene ring substituents is 1. The number of rotatable bonds is 5. The smallest absolute Gasteiger partial charge is 0.275 e. The van der Waals surface area contributed by atoms with Crippen LogP contribution in [0.1, 0.15) is 31.7 Å². The molecule has 0 aliphatic heterocycles. The molecule has 0 heterocycles. The van der Waals surface area contributed by atoms with Gasteiger partial charge in [-0.15, -0.1) is 0 Å². The minimum atomic E-state index is -0.381. The molecular weight excluding hydrogens is 252 g/mol. The van der Waals surface area contributed by atoms with Crippen LogP contribution in [0.4, 0.5) is 5.69 Å². The summed E-state index contributed by atoms with van der Waals surface area (Å²) in [5.41, 5.74) is 1.15. The van der Waals surface area contributed by atoms with E-state index in [2.05, 4.69) is 12.2 Å². The Labute approximate surface area is 111 Å². The summed E-state index contributed by atoms with van der Waals surface area (Å²) in [5, 5.41) is 14.6. The standard InChI is InChI=1S/C13H17ClN2O2/c1-13(5-2-6-13)9-15-8-10-3-4-11(14)7-12(10)16(17)18/h3-4,7,15H,2,5-6,8-9H2,1H3. The molecule has 0 radical (unpaired) electrons. The Kier molecular flexibility index (Phi) is 3.88. The zero-order chi connectivity index (χ0) is 13.2. The van der Waals surface area contributed by atoms with Gasteiger partial charge in [-0.05, 0) is 30.4 Å². The Morgan fingerprint density at radius 2 is 2.22 bits per heavy atom. The number of nitrogens with one attached hydrogen (secondary N) is 1. The Hall–Kier alpha value is -1.13. The summed E-state index contributed by atoms with van der Waals surface area (Å²) < 4.78 is 0. The second-order valence-electron chi connectivity index (χ2n) is 5.30. The third-order valence-corrected chi connectivity index (χ3v) is 3.91. The molecule has 1 aliphatic carbocycles. The fraction of sp³-hybridized carbons (Fsp3) is 0.538. The second kappa shape index (κ2) is 5.24. The van der Waals surface area contributed by atoms with Gasteiger partial charge < -0.3 is 5.32 Å². The molecule has 1 saturated carbocycles. The molecule has 1 fully saturated rings. The van der Waals surface area contributed by atoms with Crippen molar-refractivity contribution >= 4 is 17.3 Å². The molecule has 1 aliphatic rings. The Balaban J connectivity index is 1.98. The minimum Gasteiger partial charge on any atom is -0.312 e. The first-order valence-electron chi connectivity index (χ1n) is 6.14. The predicted molar refractivity (Wildman–Crippen MR) is 71.8 cm³/mol. The summed E-state index contributed by atoms with van der Waals surface area (Å²) in [6.45, 7) is 3.68. The highest BCUT2D eigenvalue weighted by Crippen LogP contribution is 2.39. The van der Waals surface area contributed by atoms with Crippen molar-refractivity contribution in [1.82, 2.24) is 5.32 Å². The fourth-order valence-electron chi connectivity index (χ4n) is 2.31. The molecule has 0 saturated heterocycles. The van der Waals surface area contributed by atoms with Gasteiger partial charge in [0, 0.05) is 29.7 Å². The average Bonchev–Trinajstić information content (AvgIpc) is 2.28. The van der Waals surface area contributed by atoms with Crippen LogP contribution in [-0.4, -0.2) is 11.5 Å². The molecular formula is C13H17ClN2O2. The Bertz CT molecular complexity index is 458. The van der Waals surface area contributed by atoms with Crippen molar-refractivity contribution in [2.24, 2.45) is 5.41 Å². The summed E-state index contributed by atoms with van der Waals surface area (Å²) in [6, 6.07) is 4.82. The van der Waals surface area contributed by atoms with E-state index in [1.54, 1.807) is 12.1 Å². The van der Waals surface area contributed by atoms with Crippen LogP contribution in [-0.2, 0) is 6.54 Å². The Morgan fingerprint density at radius 3 is 2.78 bits per heavy atom. The van der Waals surface area contributed by atoms with Crippen LogP contribution in [0.5, 0.6) is 0 Å². The van der Waals surface area contributed by atoms with Crippen molar-refractivity contribution < 1.29 is 4.92 Å². The number of halogens is 1. The molecule has 1 N–H and O–H groups in total. The Morgan fingerprint density at radius 1 is 1.50 bits per heavy atom. The molecule has 98 valence electrons. The minimum absolute atomic E-state index is 0.0914. The van der Waals surface area contributed by atoms with Gasteiger partial charge in [0.05, 0.1) is 4.92 Å². The van der Waals surface area contributed by atoms with Gasteiger partial charge in [-0.2, -0.15) is 0 Å². The van der Waals surface area contributed by atoms with Crippen molar-refractivity contribution in [3.63, 3.8) is 0 Å². The molecule has 0 aromatic heterocycles. The van der Waals surface area contributed by atoms with Gasteiger partial charge >= 0.3 is 0 Å². The third kappa shape index (κ3) is 3.00. The lowest BCUT2D eigenvalue weighted by atomic mass is 9.70. The van der Waals surface area contributed by atoms with E-state index in [1.165, 1.54) is 25.3 Å². The molecule has 18 heavy (non-hydrogen) atoms. The molecule has 0 atom stereocenters. The lowest BCUT2D eigenvalue weighted by Gasteiger charge is -2.38. The van der Waals surface area contributed by atoms with Crippen molar-refractivity contribution in [3.05, 3.63) is 38.9 Å². The van der Waals surface area contributed by atoms with Crippen LogP contribution in [0.2, 0.25) is 5.02 Å². The van der Waals surface area contributed by atoms with Gasteiger partial charge in [-0.25, -0.2) is 0 Å². The van der Waals surface area contributed by atoms with Gasteiger partial charge in [0.2, 0.25) is 0 Å². The van der Waals surface area contributed by atoms with Crippen LogP contribution in [0, 0.1) is 15.5 Å². The molecule has 0 bridgehead atoms. The monoisotopic (exact) mass is 268 g/mol. The number of nitrogens with zero attached hydrogens (tertiary/aromatic N) is 1. The number of hydrogen-bond acceptors (Lipinski definition) is 3. The lowest BCUT2D eigenvalue weighted by molar-refractivity contribution is -0.385. The van der Waals surface area contributed by atoms with Crippen molar-refractivity contribution in [2.75, 3.05) is 6.54 Å². The van der Waals surface area contributed by atoms with E-state index >= 15 is 0 Å². The zero-order valence-electron chi connectivity index (χ0n) is 10.4.